The first-order valence-electron chi connectivity index (χ1n) is 13.1. The number of rotatable bonds is 15. The van der Waals surface area contributed by atoms with Crippen molar-refractivity contribution in [2.45, 2.75) is 25.7 Å². The number of carboxylic acids is 1. The molecule has 2 aromatic carbocycles. The molecular formula is C28H31N7O7. The minimum Gasteiger partial charge on any atom is -0.481 e. The Hall–Kier alpha value is -5.24. The summed E-state index contributed by atoms with van der Waals surface area (Å²) >= 11 is 0. The lowest BCUT2D eigenvalue weighted by Crippen LogP contribution is -2.37. The summed E-state index contributed by atoms with van der Waals surface area (Å²) in [5.74, 6) is -3.88. The number of nitrogens with two attached hydrogens (primary N) is 1. The molecule has 42 heavy (non-hydrogen) atoms. The van der Waals surface area contributed by atoms with Crippen molar-refractivity contribution in [1.29, 1.82) is 0 Å². The van der Waals surface area contributed by atoms with Crippen LogP contribution in [0.3, 0.4) is 0 Å². The van der Waals surface area contributed by atoms with Gasteiger partial charge in [-0.1, -0.05) is 0 Å². The zero-order valence-electron chi connectivity index (χ0n) is 22.6. The fraction of sp³-hybridized carbons (Fsp3) is 0.286. The van der Waals surface area contributed by atoms with Crippen LogP contribution in [0.1, 0.15) is 25.7 Å². The first kappa shape index (κ1) is 31.3. The molecule has 1 aliphatic rings. The van der Waals surface area contributed by atoms with Gasteiger partial charge in [0.1, 0.15) is 6.54 Å². The fourth-order valence-corrected chi connectivity index (χ4v) is 3.84. The van der Waals surface area contributed by atoms with Gasteiger partial charge >= 0.3 is 5.97 Å². The number of benzene rings is 2. The minimum atomic E-state index is -0.933. The van der Waals surface area contributed by atoms with Gasteiger partial charge in [-0.3, -0.25) is 33.7 Å². The Morgan fingerprint density at radius 2 is 1.31 bits per heavy atom. The third kappa shape index (κ3) is 10.1. The summed E-state index contributed by atoms with van der Waals surface area (Å²) < 4.78 is 0. The molecule has 1 atom stereocenters. The Morgan fingerprint density at radius 1 is 0.786 bits per heavy atom. The molecule has 5 amide bonds. The maximum Gasteiger partial charge on any atom is 0.306 e. The smallest absolute Gasteiger partial charge is 0.306 e. The molecule has 14 nitrogen and oxygen atoms in total. The highest BCUT2D eigenvalue weighted by atomic mass is 16.4. The van der Waals surface area contributed by atoms with E-state index in [1.165, 1.54) is 0 Å². The van der Waals surface area contributed by atoms with E-state index in [0.717, 1.165) is 17.1 Å². The predicted octanol–water partition coefficient (Wildman–Crippen LogP) is 2.24. The van der Waals surface area contributed by atoms with Gasteiger partial charge in [-0.15, -0.1) is 0 Å². The third-order valence-corrected chi connectivity index (χ3v) is 6.05. The molecule has 0 fully saturated rings. The Kier molecular flexibility index (Phi) is 11.6. The molecule has 0 spiro atoms. The number of imide groups is 1. The van der Waals surface area contributed by atoms with E-state index in [2.05, 4.69) is 26.2 Å². The van der Waals surface area contributed by atoms with Crippen molar-refractivity contribution < 1.29 is 33.9 Å². The van der Waals surface area contributed by atoms with Crippen LogP contribution in [0.15, 0.2) is 70.9 Å². The van der Waals surface area contributed by atoms with Crippen LogP contribution in [0, 0.1) is 5.92 Å². The summed E-state index contributed by atoms with van der Waals surface area (Å²) in [6, 6.07) is 13.0. The molecule has 1 heterocycles. The van der Waals surface area contributed by atoms with E-state index in [1.54, 1.807) is 48.5 Å². The van der Waals surface area contributed by atoms with Crippen LogP contribution < -0.4 is 21.7 Å². The molecule has 14 heteroatoms. The zero-order chi connectivity index (χ0) is 30.5. The number of amides is 5. The summed E-state index contributed by atoms with van der Waals surface area (Å²) in [6.07, 6.45) is 3.40. The summed E-state index contributed by atoms with van der Waals surface area (Å²) in [5.41, 5.74) is 7.38. The van der Waals surface area contributed by atoms with Crippen molar-refractivity contribution in [3.63, 3.8) is 0 Å². The number of carboxylic acid groups (broad SMARTS) is 1. The first-order chi connectivity index (χ1) is 20.1. The molecule has 0 bridgehead atoms. The molecular weight excluding hydrogens is 546 g/mol. The molecule has 220 valence electrons. The maximum atomic E-state index is 12.2. The maximum absolute atomic E-state index is 12.2. The Balaban J connectivity index is 1.38. The molecule has 0 radical (unpaired) electrons. The molecule has 0 aliphatic carbocycles. The van der Waals surface area contributed by atoms with E-state index in [1.807, 2.05) is 0 Å². The molecule has 0 unspecified atom stereocenters. The number of aliphatic carboxylic acids is 1. The van der Waals surface area contributed by atoms with Gasteiger partial charge in [-0.2, -0.15) is 10.2 Å². The Morgan fingerprint density at radius 3 is 1.81 bits per heavy atom. The standard InChI is InChI=1S/C28H31N7O7/c29-15-14-18(28(41)42)2-1-3-23(36)30-16-24(37)31-19-4-8-21(9-5-19)33-34-22-10-6-20(7-11-22)32-25(38)17-35-26(39)12-13-27(35)40/h4-13,18H,1-3,14-17,29H2,(H,30,36)(H,31,37)(H,32,38)(H,41,42)/b34-33+/t18-/m1/s1. The van der Waals surface area contributed by atoms with Crippen LogP contribution in [-0.2, 0) is 28.8 Å². The second-order valence-electron chi connectivity index (χ2n) is 9.27. The van der Waals surface area contributed by atoms with Crippen molar-refractivity contribution in [3.8, 4) is 0 Å². The topological polar surface area (TPSA) is 213 Å². The number of azo groups is 1. The number of nitrogens with zero attached hydrogens (tertiary/aromatic N) is 3. The molecule has 1 aliphatic heterocycles. The minimum absolute atomic E-state index is 0.111. The lowest BCUT2D eigenvalue weighted by molar-refractivity contribution is -0.142. The number of carbonyl (C=O) groups excluding carboxylic acids is 5. The number of hydrogen-bond donors (Lipinski definition) is 5. The van der Waals surface area contributed by atoms with E-state index in [-0.39, 0.29) is 32.0 Å². The van der Waals surface area contributed by atoms with Crippen LogP contribution in [0.5, 0.6) is 0 Å². The monoisotopic (exact) mass is 577 g/mol. The Bertz CT molecular complexity index is 1350. The van der Waals surface area contributed by atoms with Gasteiger partial charge in [0.25, 0.3) is 11.8 Å². The Labute approximate surface area is 241 Å². The van der Waals surface area contributed by atoms with Crippen LogP contribution in [-0.4, -0.2) is 65.1 Å². The molecule has 0 saturated heterocycles. The number of nitrogens with one attached hydrogen (secondary N) is 3. The molecule has 3 rings (SSSR count). The second-order valence-corrected chi connectivity index (χ2v) is 9.27. The van der Waals surface area contributed by atoms with Crippen molar-refractivity contribution >= 4 is 58.3 Å². The highest BCUT2D eigenvalue weighted by Gasteiger charge is 2.25. The highest BCUT2D eigenvalue weighted by Crippen LogP contribution is 2.22. The van der Waals surface area contributed by atoms with Gasteiger partial charge in [0.05, 0.1) is 23.8 Å². The summed E-state index contributed by atoms with van der Waals surface area (Å²) in [5, 5.41) is 25.1. The lowest BCUT2D eigenvalue weighted by Gasteiger charge is -2.13. The van der Waals surface area contributed by atoms with Crippen LogP contribution in [0.25, 0.3) is 0 Å². The van der Waals surface area contributed by atoms with Gasteiger partial charge < -0.3 is 26.8 Å². The van der Waals surface area contributed by atoms with E-state index in [4.69, 9.17) is 10.8 Å². The zero-order valence-corrected chi connectivity index (χ0v) is 22.6. The molecule has 0 aromatic heterocycles. The number of anilines is 2. The number of carbonyl (C=O) groups is 6. The second kappa shape index (κ2) is 15.5. The van der Waals surface area contributed by atoms with Crippen molar-refractivity contribution in [2.24, 2.45) is 21.9 Å². The molecule has 2 aromatic rings. The fourth-order valence-electron chi connectivity index (χ4n) is 3.84. The average molecular weight is 578 g/mol. The van der Waals surface area contributed by atoms with Gasteiger partial charge in [0.2, 0.25) is 17.7 Å². The molecule has 6 N–H and O–H groups in total. The average Bonchev–Trinajstić information content (AvgIpc) is 3.28. The number of hydrogen-bond acceptors (Lipinski definition) is 9. The van der Waals surface area contributed by atoms with Crippen LogP contribution in [0.2, 0.25) is 0 Å². The highest BCUT2D eigenvalue weighted by molar-refractivity contribution is 6.15. The van der Waals surface area contributed by atoms with Crippen molar-refractivity contribution in [2.75, 3.05) is 30.3 Å². The lowest BCUT2D eigenvalue weighted by atomic mass is 9.98. The van der Waals surface area contributed by atoms with Gasteiger partial charge in [0.15, 0.2) is 0 Å². The largest absolute Gasteiger partial charge is 0.481 e. The van der Waals surface area contributed by atoms with Crippen molar-refractivity contribution in [3.05, 3.63) is 60.7 Å². The van der Waals surface area contributed by atoms with Gasteiger partial charge in [0, 0.05) is 29.9 Å². The summed E-state index contributed by atoms with van der Waals surface area (Å²) in [4.78, 5) is 71.3. The first-order valence-corrected chi connectivity index (χ1v) is 13.1. The molecule has 0 saturated carbocycles. The van der Waals surface area contributed by atoms with Gasteiger partial charge in [-0.25, -0.2) is 0 Å². The van der Waals surface area contributed by atoms with Gasteiger partial charge in [-0.05, 0) is 74.3 Å². The normalized spacial score (nSPS) is 13.3. The van der Waals surface area contributed by atoms with E-state index >= 15 is 0 Å². The summed E-state index contributed by atoms with van der Waals surface area (Å²) in [6.45, 7) is -0.351. The van der Waals surface area contributed by atoms with Crippen LogP contribution >= 0.6 is 0 Å². The van der Waals surface area contributed by atoms with E-state index in [0.29, 0.717) is 42.0 Å². The van der Waals surface area contributed by atoms with Crippen LogP contribution in [0.4, 0.5) is 22.7 Å². The van der Waals surface area contributed by atoms with E-state index < -0.39 is 35.5 Å². The SMILES string of the molecule is NCC[C@@H](CCCC(=O)NCC(=O)Nc1ccc(/N=N/c2ccc(NC(=O)CN3C(=O)C=CC3=O)cc2)cc1)C(=O)O. The van der Waals surface area contributed by atoms with Crippen molar-refractivity contribution in [1.82, 2.24) is 10.2 Å². The predicted molar refractivity (Wildman–Crippen MR) is 152 cm³/mol. The quantitative estimate of drug-likeness (QED) is 0.156. The van der Waals surface area contributed by atoms with E-state index in [9.17, 15) is 28.8 Å². The third-order valence-electron chi connectivity index (χ3n) is 6.05. The summed E-state index contributed by atoms with van der Waals surface area (Å²) in [7, 11) is 0.